The highest BCUT2D eigenvalue weighted by atomic mass is 15.3. The molecule has 0 bridgehead atoms. The number of anilines is 2. The Morgan fingerprint density at radius 1 is 1.29 bits per heavy atom. The molecule has 0 radical (unpaired) electrons. The summed E-state index contributed by atoms with van der Waals surface area (Å²) in [4.78, 5) is 11.6. The number of rotatable bonds is 7. The summed E-state index contributed by atoms with van der Waals surface area (Å²) in [6, 6.07) is 0.605. The zero-order valence-corrected chi connectivity index (χ0v) is 13.4. The van der Waals surface area contributed by atoms with Crippen LogP contribution >= 0.6 is 0 Å². The van der Waals surface area contributed by atoms with Gasteiger partial charge in [0.15, 0.2) is 0 Å². The van der Waals surface area contributed by atoms with Crippen LogP contribution in [-0.2, 0) is 6.42 Å². The quantitative estimate of drug-likeness (QED) is 0.526. The second kappa shape index (κ2) is 7.56. The van der Waals surface area contributed by atoms with Gasteiger partial charge in [-0.2, -0.15) is 0 Å². The third-order valence-corrected chi connectivity index (χ3v) is 4.21. The monoisotopic (exact) mass is 292 g/mol. The van der Waals surface area contributed by atoms with Crippen molar-refractivity contribution in [3.05, 3.63) is 11.4 Å². The first-order chi connectivity index (χ1) is 10.2. The highest BCUT2D eigenvalue weighted by Gasteiger charge is 2.23. The van der Waals surface area contributed by atoms with Gasteiger partial charge in [-0.15, -0.1) is 0 Å². The Morgan fingerprint density at radius 2 is 2.05 bits per heavy atom. The summed E-state index contributed by atoms with van der Waals surface area (Å²) in [5, 5.41) is 3.50. The Kier molecular flexibility index (Phi) is 5.76. The van der Waals surface area contributed by atoms with E-state index in [1.54, 1.807) is 0 Å². The second-order valence-corrected chi connectivity index (χ2v) is 5.66. The molecular formula is C15H28N6. The maximum absolute atomic E-state index is 5.57. The maximum atomic E-state index is 5.57. The number of likely N-dealkylation sites (N-methyl/N-ethyl adjacent to an activating group) is 1. The molecule has 2 rings (SSSR count). The van der Waals surface area contributed by atoms with Crippen LogP contribution in [0.5, 0.6) is 0 Å². The average molecular weight is 292 g/mol. The van der Waals surface area contributed by atoms with Gasteiger partial charge in [0.05, 0.1) is 0 Å². The third-order valence-electron chi connectivity index (χ3n) is 4.21. The van der Waals surface area contributed by atoms with E-state index in [0.717, 1.165) is 49.0 Å². The van der Waals surface area contributed by atoms with Crippen molar-refractivity contribution in [2.24, 2.45) is 5.84 Å². The first kappa shape index (κ1) is 16.0. The summed E-state index contributed by atoms with van der Waals surface area (Å²) >= 11 is 0. The van der Waals surface area contributed by atoms with E-state index in [9.17, 15) is 0 Å². The molecule has 0 aliphatic carbocycles. The molecule has 1 fully saturated rings. The Labute approximate surface area is 127 Å². The number of hydrogen-bond donors (Lipinski definition) is 3. The Morgan fingerprint density at radius 3 is 2.71 bits per heavy atom. The normalized spacial score (nSPS) is 19.0. The van der Waals surface area contributed by atoms with Crippen molar-refractivity contribution in [1.82, 2.24) is 14.9 Å². The summed E-state index contributed by atoms with van der Waals surface area (Å²) < 4.78 is 0. The van der Waals surface area contributed by atoms with E-state index in [1.807, 2.05) is 6.92 Å². The summed E-state index contributed by atoms with van der Waals surface area (Å²) in [5.41, 5.74) is 3.67. The van der Waals surface area contributed by atoms with E-state index in [-0.39, 0.29) is 0 Å². The number of likely N-dealkylation sites (tertiary alicyclic amines) is 1. The number of nitrogens with one attached hydrogen (secondary N) is 2. The topological polar surface area (TPSA) is 79.1 Å². The number of aryl methyl sites for hydroxylation is 1. The molecule has 0 aromatic carbocycles. The highest BCUT2D eigenvalue weighted by Crippen LogP contribution is 2.22. The van der Waals surface area contributed by atoms with Gasteiger partial charge < -0.3 is 10.7 Å². The minimum absolute atomic E-state index is 0.605. The smallest absolute Gasteiger partial charge is 0.148 e. The number of nitrogens with two attached hydrogens (primary N) is 1. The van der Waals surface area contributed by atoms with Gasteiger partial charge in [0.1, 0.15) is 17.5 Å². The predicted octanol–water partition coefficient (Wildman–Crippen LogP) is 1.92. The predicted molar refractivity (Wildman–Crippen MR) is 87.3 cm³/mol. The van der Waals surface area contributed by atoms with Gasteiger partial charge in [-0.1, -0.05) is 13.8 Å². The molecule has 2 heterocycles. The van der Waals surface area contributed by atoms with Crippen LogP contribution < -0.4 is 16.6 Å². The van der Waals surface area contributed by atoms with Crippen molar-refractivity contribution < 1.29 is 0 Å². The van der Waals surface area contributed by atoms with Crippen LogP contribution in [0.4, 0.5) is 11.6 Å². The van der Waals surface area contributed by atoms with Crippen LogP contribution in [0.3, 0.4) is 0 Å². The zero-order chi connectivity index (χ0) is 15.2. The van der Waals surface area contributed by atoms with E-state index in [1.165, 1.54) is 19.4 Å². The van der Waals surface area contributed by atoms with E-state index < -0.39 is 0 Å². The lowest BCUT2D eigenvalue weighted by atomic mass is 10.2. The minimum atomic E-state index is 0.605. The zero-order valence-electron chi connectivity index (χ0n) is 13.4. The summed E-state index contributed by atoms with van der Waals surface area (Å²) in [6.07, 6.45) is 4.45. The lowest BCUT2D eigenvalue weighted by Gasteiger charge is -2.24. The fourth-order valence-electron chi connectivity index (χ4n) is 2.97. The van der Waals surface area contributed by atoms with Crippen molar-refractivity contribution >= 4 is 11.6 Å². The SMILES string of the molecule is CCCc1nc(NN)c(C)c(NCC2CCCN2CC)n1. The number of aromatic nitrogens is 2. The molecule has 1 aromatic rings. The molecule has 118 valence electrons. The Hall–Kier alpha value is -1.40. The first-order valence-electron chi connectivity index (χ1n) is 8.01. The lowest BCUT2D eigenvalue weighted by molar-refractivity contribution is 0.277. The molecule has 0 saturated carbocycles. The molecule has 1 aliphatic rings. The number of nitrogen functional groups attached to an aromatic ring is 1. The van der Waals surface area contributed by atoms with Crippen molar-refractivity contribution in [1.29, 1.82) is 0 Å². The molecule has 1 aliphatic heterocycles. The van der Waals surface area contributed by atoms with Gasteiger partial charge >= 0.3 is 0 Å². The van der Waals surface area contributed by atoms with Crippen LogP contribution in [0.15, 0.2) is 0 Å². The van der Waals surface area contributed by atoms with E-state index in [4.69, 9.17) is 5.84 Å². The largest absolute Gasteiger partial charge is 0.368 e. The van der Waals surface area contributed by atoms with Crippen LogP contribution in [0, 0.1) is 6.92 Å². The second-order valence-electron chi connectivity index (χ2n) is 5.66. The van der Waals surface area contributed by atoms with Crippen LogP contribution in [-0.4, -0.2) is 40.5 Å². The fraction of sp³-hybridized carbons (Fsp3) is 0.733. The lowest BCUT2D eigenvalue weighted by Crippen LogP contribution is -2.35. The van der Waals surface area contributed by atoms with Gasteiger partial charge in [0.25, 0.3) is 0 Å². The number of hydrazine groups is 1. The molecule has 4 N–H and O–H groups in total. The summed E-state index contributed by atoms with van der Waals surface area (Å²) in [7, 11) is 0. The number of nitrogens with zero attached hydrogens (tertiary/aromatic N) is 3. The maximum Gasteiger partial charge on any atom is 0.148 e. The molecule has 6 nitrogen and oxygen atoms in total. The highest BCUT2D eigenvalue weighted by molar-refractivity contribution is 5.56. The molecular weight excluding hydrogens is 264 g/mol. The molecule has 1 saturated heterocycles. The summed E-state index contributed by atoms with van der Waals surface area (Å²) in [6.45, 7) is 9.61. The van der Waals surface area contributed by atoms with Gasteiger partial charge in [0, 0.05) is 24.6 Å². The Balaban J connectivity index is 2.09. The van der Waals surface area contributed by atoms with Crippen LogP contribution in [0.1, 0.15) is 44.5 Å². The molecule has 1 aromatic heterocycles. The molecule has 21 heavy (non-hydrogen) atoms. The molecule has 6 heteroatoms. The summed E-state index contributed by atoms with van der Waals surface area (Å²) in [5.74, 6) is 8.04. The molecule has 1 unspecified atom stereocenters. The Bertz CT molecular complexity index is 462. The first-order valence-corrected chi connectivity index (χ1v) is 8.01. The molecule has 1 atom stereocenters. The fourth-order valence-corrected chi connectivity index (χ4v) is 2.97. The van der Waals surface area contributed by atoms with E-state index in [0.29, 0.717) is 6.04 Å². The average Bonchev–Trinajstić information content (AvgIpc) is 2.95. The van der Waals surface area contributed by atoms with Crippen molar-refractivity contribution in [2.45, 2.75) is 52.5 Å². The van der Waals surface area contributed by atoms with Gasteiger partial charge in [-0.05, 0) is 39.3 Å². The van der Waals surface area contributed by atoms with E-state index in [2.05, 4.69) is 39.5 Å². The van der Waals surface area contributed by atoms with Gasteiger partial charge in [0.2, 0.25) is 0 Å². The third kappa shape index (κ3) is 3.83. The van der Waals surface area contributed by atoms with Crippen molar-refractivity contribution in [2.75, 3.05) is 30.4 Å². The van der Waals surface area contributed by atoms with Crippen molar-refractivity contribution in [3.8, 4) is 0 Å². The number of hydrogen-bond acceptors (Lipinski definition) is 6. The van der Waals surface area contributed by atoms with E-state index >= 15 is 0 Å². The van der Waals surface area contributed by atoms with Gasteiger partial charge in [-0.3, -0.25) is 4.90 Å². The van der Waals surface area contributed by atoms with Crippen LogP contribution in [0.2, 0.25) is 0 Å². The minimum Gasteiger partial charge on any atom is -0.368 e. The molecule has 0 spiro atoms. The standard InChI is InChI=1S/C15H28N6/c1-4-7-13-18-14(11(3)15(19-13)20-16)17-10-12-8-6-9-21(12)5-2/h12H,4-10,16H2,1-3H3,(H2,17,18,19,20). The molecule has 0 amide bonds. The van der Waals surface area contributed by atoms with Gasteiger partial charge in [-0.25, -0.2) is 15.8 Å². The van der Waals surface area contributed by atoms with Crippen LogP contribution in [0.25, 0.3) is 0 Å². The van der Waals surface area contributed by atoms with Crippen molar-refractivity contribution in [3.63, 3.8) is 0 Å².